The maximum Gasteiger partial charge on any atom is 0.221 e. The second-order valence-corrected chi connectivity index (χ2v) is 5.39. The molecule has 0 saturated heterocycles. The molecule has 15 heavy (non-hydrogen) atoms. The molecule has 0 bridgehead atoms. The standard InChI is InChI=1S/C11H24N2OS/c1-8(2)10(12)5-11(14)13-6-9(3)7-15-4/h8-10H,5-7,12H2,1-4H3,(H,13,14). The van der Waals surface area contributed by atoms with Gasteiger partial charge in [-0.05, 0) is 23.8 Å². The van der Waals surface area contributed by atoms with Crippen molar-refractivity contribution in [2.24, 2.45) is 17.6 Å². The molecular weight excluding hydrogens is 208 g/mol. The lowest BCUT2D eigenvalue weighted by molar-refractivity contribution is -0.121. The Hall–Kier alpha value is -0.220. The van der Waals surface area contributed by atoms with E-state index in [0.29, 0.717) is 18.3 Å². The van der Waals surface area contributed by atoms with Crippen LogP contribution in [0.3, 0.4) is 0 Å². The van der Waals surface area contributed by atoms with Gasteiger partial charge in [-0.25, -0.2) is 0 Å². The SMILES string of the molecule is CSCC(C)CNC(=O)CC(N)C(C)C. The molecule has 0 heterocycles. The average molecular weight is 232 g/mol. The molecule has 1 amide bonds. The summed E-state index contributed by atoms with van der Waals surface area (Å²) in [6.07, 6.45) is 2.51. The van der Waals surface area contributed by atoms with Crippen LogP contribution in [0.4, 0.5) is 0 Å². The van der Waals surface area contributed by atoms with Gasteiger partial charge in [-0.2, -0.15) is 11.8 Å². The molecule has 0 aromatic rings. The average Bonchev–Trinajstić information content (AvgIpc) is 2.15. The highest BCUT2D eigenvalue weighted by molar-refractivity contribution is 7.98. The third-order valence-corrected chi connectivity index (χ3v) is 3.28. The highest BCUT2D eigenvalue weighted by Gasteiger charge is 2.13. The molecule has 0 aromatic carbocycles. The van der Waals surface area contributed by atoms with Gasteiger partial charge in [-0.15, -0.1) is 0 Å². The summed E-state index contributed by atoms with van der Waals surface area (Å²) in [5.74, 6) is 2.04. The van der Waals surface area contributed by atoms with Crippen molar-refractivity contribution in [1.82, 2.24) is 5.32 Å². The van der Waals surface area contributed by atoms with Crippen molar-refractivity contribution in [3.8, 4) is 0 Å². The largest absolute Gasteiger partial charge is 0.356 e. The Balaban J connectivity index is 3.66. The Morgan fingerprint density at radius 2 is 2.00 bits per heavy atom. The number of nitrogens with two attached hydrogens (primary N) is 1. The molecule has 0 spiro atoms. The van der Waals surface area contributed by atoms with Gasteiger partial charge in [-0.3, -0.25) is 4.79 Å². The Bertz CT molecular complexity index is 185. The van der Waals surface area contributed by atoms with Crippen LogP contribution in [0.25, 0.3) is 0 Å². The van der Waals surface area contributed by atoms with Crippen molar-refractivity contribution < 1.29 is 4.79 Å². The fraction of sp³-hybridized carbons (Fsp3) is 0.909. The number of amides is 1. The van der Waals surface area contributed by atoms with Crippen LogP contribution in [0.1, 0.15) is 27.2 Å². The van der Waals surface area contributed by atoms with E-state index in [1.54, 1.807) is 11.8 Å². The van der Waals surface area contributed by atoms with E-state index >= 15 is 0 Å². The van der Waals surface area contributed by atoms with Crippen molar-refractivity contribution >= 4 is 17.7 Å². The van der Waals surface area contributed by atoms with Crippen molar-refractivity contribution in [3.05, 3.63) is 0 Å². The normalized spacial score (nSPS) is 15.1. The lowest BCUT2D eigenvalue weighted by Gasteiger charge is -2.16. The van der Waals surface area contributed by atoms with Gasteiger partial charge >= 0.3 is 0 Å². The Morgan fingerprint density at radius 1 is 1.40 bits per heavy atom. The second kappa shape index (κ2) is 7.99. The van der Waals surface area contributed by atoms with Crippen LogP contribution in [-0.2, 0) is 4.79 Å². The van der Waals surface area contributed by atoms with Crippen LogP contribution in [0, 0.1) is 11.8 Å². The minimum atomic E-state index is -0.0270. The maximum atomic E-state index is 11.5. The van der Waals surface area contributed by atoms with Gasteiger partial charge in [0.2, 0.25) is 5.91 Å². The molecule has 3 N–H and O–H groups in total. The zero-order valence-corrected chi connectivity index (χ0v) is 11.1. The quantitative estimate of drug-likeness (QED) is 0.699. The summed E-state index contributed by atoms with van der Waals surface area (Å²) in [7, 11) is 0. The van der Waals surface area contributed by atoms with E-state index in [4.69, 9.17) is 5.73 Å². The van der Waals surface area contributed by atoms with Gasteiger partial charge < -0.3 is 11.1 Å². The molecule has 2 atom stereocenters. The first kappa shape index (κ1) is 14.8. The minimum Gasteiger partial charge on any atom is -0.356 e. The Labute approximate surface area is 97.6 Å². The van der Waals surface area contributed by atoms with Gasteiger partial charge in [-0.1, -0.05) is 20.8 Å². The van der Waals surface area contributed by atoms with Crippen LogP contribution in [0.2, 0.25) is 0 Å². The molecule has 0 rings (SSSR count). The summed E-state index contributed by atoms with van der Waals surface area (Å²) in [6, 6.07) is -0.0270. The van der Waals surface area contributed by atoms with Gasteiger partial charge in [0.1, 0.15) is 0 Å². The van der Waals surface area contributed by atoms with E-state index in [1.165, 1.54) is 0 Å². The summed E-state index contributed by atoms with van der Waals surface area (Å²) in [5.41, 5.74) is 5.82. The summed E-state index contributed by atoms with van der Waals surface area (Å²) in [6.45, 7) is 6.96. The first-order valence-electron chi connectivity index (χ1n) is 5.48. The van der Waals surface area contributed by atoms with E-state index in [2.05, 4.69) is 18.5 Å². The first-order valence-corrected chi connectivity index (χ1v) is 6.88. The molecule has 0 aliphatic rings. The van der Waals surface area contributed by atoms with Gasteiger partial charge in [0, 0.05) is 19.0 Å². The smallest absolute Gasteiger partial charge is 0.221 e. The lowest BCUT2D eigenvalue weighted by atomic mass is 10.0. The predicted octanol–water partition coefficient (Wildman–Crippen LogP) is 1.48. The molecule has 0 aliphatic carbocycles. The van der Waals surface area contributed by atoms with Crippen LogP contribution < -0.4 is 11.1 Å². The van der Waals surface area contributed by atoms with Crippen LogP contribution in [0.5, 0.6) is 0 Å². The van der Waals surface area contributed by atoms with Crippen LogP contribution >= 0.6 is 11.8 Å². The fourth-order valence-corrected chi connectivity index (χ4v) is 1.84. The number of carbonyl (C=O) groups is 1. The van der Waals surface area contributed by atoms with Gasteiger partial charge in [0.05, 0.1) is 0 Å². The number of hydrogen-bond acceptors (Lipinski definition) is 3. The van der Waals surface area contributed by atoms with Crippen LogP contribution in [-0.4, -0.2) is 30.5 Å². The van der Waals surface area contributed by atoms with Gasteiger partial charge in [0.25, 0.3) is 0 Å². The minimum absolute atomic E-state index is 0.0270. The molecule has 90 valence electrons. The molecular formula is C11H24N2OS. The lowest BCUT2D eigenvalue weighted by Crippen LogP contribution is -2.36. The molecule has 3 nitrogen and oxygen atoms in total. The summed E-state index contributed by atoms with van der Waals surface area (Å²) in [4.78, 5) is 11.5. The zero-order chi connectivity index (χ0) is 11.8. The zero-order valence-electron chi connectivity index (χ0n) is 10.2. The highest BCUT2D eigenvalue weighted by atomic mass is 32.2. The number of carbonyl (C=O) groups excluding carboxylic acids is 1. The van der Waals surface area contributed by atoms with E-state index in [9.17, 15) is 4.79 Å². The van der Waals surface area contributed by atoms with Gasteiger partial charge in [0.15, 0.2) is 0 Å². The Morgan fingerprint density at radius 3 is 2.47 bits per heavy atom. The maximum absolute atomic E-state index is 11.5. The van der Waals surface area contributed by atoms with Crippen LogP contribution in [0.15, 0.2) is 0 Å². The van der Waals surface area contributed by atoms with E-state index in [0.717, 1.165) is 12.3 Å². The van der Waals surface area contributed by atoms with Crippen molar-refractivity contribution in [2.75, 3.05) is 18.6 Å². The molecule has 4 heteroatoms. The van der Waals surface area contributed by atoms with Crippen molar-refractivity contribution in [3.63, 3.8) is 0 Å². The van der Waals surface area contributed by atoms with E-state index in [-0.39, 0.29) is 11.9 Å². The molecule has 0 radical (unpaired) electrons. The second-order valence-electron chi connectivity index (χ2n) is 4.48. The summed E-state index contributed by atoms with van der Waals surface area (Å²) >= 11 is 1.80. The first-order chi connectivity index (χ1) is 6.97. The monoisotopic (exact) mass is 232 g/mol. The number of hydrogen-bond donors (Lipinski definition) is 2. The van der Waals surface area contributed by atoms with Crippen molar-refractivity contribution in [1.29, 1.82) is 0 Å². The molecule has 2 unspecified atom stereocenters. The highest BCUT2D eigenvalue weighted by Crippen LogP contribution is 2.04. The number of thioether (sulfide) groups is 1. The summed E-state index contributed by atoms with van der Waals surface area (Å²) < 4.78 is 0. The third-order valence-electron chi connectivity index (χ3n) is 2.38. The fourth-order valence-electron chi connectivity index (χ4n) is 1.15. The molecule has 0 aromatic heterocycles. The molecule has 0 fully saturated rings. The number of nitrogens with one attached hydrogen (secondary N) is 1. The molecule has 0 aliphatic heterocycles. The Kier molecular flexibility index (Phi) is 7.88. The number of rotatable bonds is 7. The molecule has 0 saturated carbocycles. The predicted molar refractivity (Wildman–Crippen MR) is 68.0 cm³/mol. The van der Waals surface area contributed by atoms with E-state index < -0.39 is 0 Å². The van der Waals surface area contributed by atoms with Crippen molar-refractivity contribution in [2.45, 2.75) is 33.2 Å². The summed E-state index contributed by atoms with van der Waals surface area (Å²) in [5, 5.41) is 2.92. The third kappa shape index (κ3) is 7.68. The topological polar surface area (TPSA) is 55.1 Å². The van der Waals surface area contributed by atoms with E-state index in [1.807, 2.05) is 13.8 Å².